The highest BCUT2D eigenvalue weighted by Gasteiger charge is 2.54. The summed E-state index contributed by atoms with van der Waals surface area (Å²) >= 11 is 0. The molecule has 1 N–H and O–H groups in total. The van der Waals surface area contributed by atoms with Crippen LogP contribution >= 0.6 is 0 Å². The smallest absolute Gasteiger partial charge is 0.311 e. The normalized spacial score (nSPS) is 37.7. The number of hydrogen-bond acceptors (Lipinski definition) is 5. The van der Waals surface area contributed by atoms with E-state index in [2.05, 4.69) is 5.32 Å². The predicted octanol–water partition coefficient (Wildman–Crippen LogP) is -0.301. The minimum absolute atomic E-state index is 0.0755. The Kier molecular flexibility index (Phi) is 2.65. The molecule has 0 radical (unpaired) electrons. The maximum absolute atomic E-state index is 11.6. The van der Waals surface area contributed by atoms with Crippen molar-refractivity contribution in [2.45, 2.75) is 24.9 Å². The van der Waals surface area contributed by atoms with Crippen molar-refractivity contribution in [1.29, 1.82) is 0 Å². The molecule has 0 aromatic heterocycles. The highest BCUT2D eigenvalue weighted by atomic mass is 16.5. The Morgan fingerprint density at radius 1 is 1.00 bits per heavy atom. The van der Waals surface area contributed by atoms with Crippen molar-refractivity contribution in [2.24, 2.45) is 11.8 Å². The zero-order valence-corrected chi connectivity index (χ0v) is 8.86. The molecule has 2 rings (SSSR count). The average molecular weight is 213 g/mol. The summed E-state index contributed by atoms with van der Waals surface area (Å²) in [4.78, 5) is 23.1. The summed E-state index contributed by atoms with van der Waals surface area (Å²) < 4.78 is 9.45. The lowest BCUT2D eigenvalue weighted by atomic mass is 9.79. The van der Waals surface area contributed by atoms with E-state index in [1.165, 1.54) is 14.2 Å². The summed E-state index contributed by atoms with van der Waals surface area (Å²) in [7, 11) is 2.70. The third-order valence-corrected chi connectivity index (χ3v) is 3.42. The van der Waals surface area contributed by atoms with E-state index >= 15 is 0 Å². The highest BCUT2D eigenvalue weighted by Crippen LogP contribution is 2.39. The molecule has 0 spiro atoms. The van der Waals surface area contributed by atoms with Crippen molar-refractivity contribution in [2.75, 3.05) is 14.2 Å². The summed E-state index contributed by atoms with van der Waals surface area (Å²) in [5.41, 5.74) is 0. The summed E-state index contributed by atoms with van der Waals surface area (Å²) in [6.07, 6.45) is 1.86. The standard InChI is InChI=1S/C10H15NO4/c1-14-9(12)7-5-3-4-6(11-5)8(7)10(13)15-2/h5-8,11H,3-4H2,1-2H3/t5-,6-,7-,8-/m1/s1. The molecular formula is C10H15NO4. The van der Waals surface area contributed by atoms with Gasteiger partial charge in [0.25, 0.3) is 0 Å². The second kappa shape index (κ2) is 3.81. The molecule has 4 atom stereocenters. The number of rotatable bonds is 2. The maximum atomic E-state index is 11.6. The number of carbonyl (C=O) groups excluding carboxylic acids is 2. The first-order valence-electron chi connectivity index (χ1n) is 5.10. The number of fused-ring (bicyclic) bond motifs is 2. The first kappa shape index (κ1) is 10.4. The van der Waals surface area contributed by atoms with Gasteiger partial charge in [0.1, 0.15) is 0 Å². The minimum Gasteiger partial charge on any atom is -0.469 e. The van der Waals surface area contributed by atoms with Crippen molar-refractivity contribution in [1.82, 2.24) is 5.32 Å². The van der Waals surface area contributed by atoms with Gasteiger partial charge >= 0.3 is 11.9 Å². The molecule has 2 fully saturated rings. The van der Waals surface area contributed by atoms with Crippen LogP contribution in [0.4, 0.5) is 0 Å². The third-order valence-electron chi connectivity index (χ3n) is 3.42. The molecule has 0 saturated carbocycles. The van der Waals surface area contributed by atoms with Gasteiger partial charge in [0.05, 0.1) is 26.1 Å². The highest BCUT2D eigenvalue weighted by molar-refractivity contribution is 5.84. The topological polar surface area (TPSA) is 64.6 Å². The van der Waals surface area contributed by atoms with Crippen molar-refractivity contribution >= 4 is 11.9 Å². The summed E-state index contributed by atoms with van der Waals surface area (Å²) in [6, 6.07) is 0.151. The Labute approximate surface area is 88.1 Å². The quantitative estimate of drug-likeness (QED) is 0.638. The molecule has 15 heavy (non-hydrogen) atoms. The zero-order chi connectivity index (χ0) is 11.0. The van der Waals surface area contributed by atoms with E-state index in [-0.39, 0.29) is 35.9 Å². The molecule has 5 nitrogen and oxygen atoms in total. The lowest BCUT2D eigenvalue weighted by Crippen LogP contribution is -2.39. The lowest BCUT2D eigenvalue weighted by Gasteiger charge is -2.24. The summed E-state index contributed by atoms with van der Waals surface area (Å²) in [5, 5.41) is 3.26. The van der Waals surface area contributed by atoms with Gasteiger partial charge in [0, 0.05) is 12.1 Å². The fourth-order valence-corrected chi connectivity index (χ4v) is 2.76. The van der Waals surface area contributed by atoms with E-state index in [1.54, 1.807) is 0 Å². The van der Waals surface area contributed by atoms with Crippen molar-refractivity contribution in [3.63, 3.8) is 0 Å². The predicted molar refractivity (Wildman–Crippen MR) is 51.0 cm³/mol. The number of esters is 2. The van der Waals surface area contributed by atoms with E-state index in [0.29, 0.717) is 0 Å². The number of nitrogens with one attached hydrogen (secondary N) is 1. The van der Waals surface area contributed by atoms with Gasteiger partial charge in [-0.25, -0.2) is 0 Å². The summed E-state index contributed by atoms with van der Waals surface area (Å²) in [6.45, 7) is 0. The first-order valence-corrected chi connectivity index (χ1v) is 5.10. The Morgan fingerprint density at radius 2 is 1.40 bits per heavy atom. The zero-order valence-electron chi connectivity index (χ0n) is 8.86. The monoisotopic (exact) mass is 213 g/mol. The molecule has 0 unspecified atom stereocenters. The van der Waals surface area contributed by atoms with Gasteiger partial charge in [-0.1, -0.05) is 0 Å². The van der Waals surface area contributed by atoms with Crippen LogP contribution in [0.1, 0.15) is 12.8 Å². The van der Waals surface area contributed by atoms with Crippen LogP contribution < -0.4 is 5.32 Å². The van der Waals surface area contributed by atoms with E-state index in [9.17, 15) is 9.59 Å². The minimum atomic E-state index is -0.374. The molecule has 0 aromatic carbocycles. The van der Waals surface area contributed by atoms with Gasteiger partial charge in [-0.3, -0.25) is 9.59 Å². The second-order valence-corrected chi connectivity index (χ2v) is 4.05. The molecule has 2 bridgehead atoms. The van der Waals surface area contributed by atoms with Gasteiger partial charge in [-0.15, -0.1) is 0 Å². The van der Waals surface area contributed by atoms with Gasteiger partial charge in [-0.05, 0) is 12.8 Å². The number of ether oxygens (including phenoxy) is 2. The second-order valence-electron chi connectivity index (χ2n) is 4.05. The first-order chi connectivity index (χ1) is 7.19. The lowest BCUT2D eigenvalue weighted by molar-refractivity contribution is -0.157. The van der Waals surface area contributed by atoms with Crippen molar-refractivity contribution in [3.8, 4) is 0 Å². The number of carbonyl (C=O) groups is 2. The molecule has 0 aliphatic carbocycles. The Balaban J connectivity index is 2.19. The Morgan fingerprint density at radius 3 is 1.73 bits per heavy atom. The van der Waals surface area contributed by atoms with E-state index in [0.717, 1.165) is 12.8 Å². The van der Waals surface area contributed by atoms with Gasteiger partial charge < -0.3 is 14.8 Å². The molecule has 2 heterocycles. The SMILES string of the molecule is COC(=O)[C@H]1[C@H](C(=O)OC)[C@H]2CC[C@H]1N2. The molecule has 2 aliphatic rings. The van der Waals surface area contributed by atoms with Crippen LogP contribution in [0.5, 0.6) is 0 Å². The molecule has 5 heteroatoms. The van der Waals surface area contributed by atoms with Crippen molar-refractivity contribution in [3.05, 3.63) is 0 Å². The van der Waals surface area contributed by atoms with Crippen LogP contribution in [0.3, 0.4) is 0 Å². The molecule has 0 aromatic rings. The van der Waals surface area contributed by atoms with Gasteiger partial charge in [0.2, 0.25) is 0 Å². The summed E-state index contributed by atoms with van der Waals surface area (Å²) in [5.74, 6) is -1.38. The maximum Gasteiger partial charge on any atom is 0.311 e. The van der Waals surface area contributed by atoms with Crippen LogP contribution in [0.2, 0.25) is 0 Å². The number of methoxy groups -OCH3 is 2. The largest absolute Gasteiger partial charge is 0.469 e. The van der Waals surface area contributed by atoms with Gasteiger partial charge in [0.15, 0.2) is 0 Å². The van der Waals surface area contributed by atoms with E-state index < -0.39 is 0 Å². The fourth-order valence-electron chi connectivity index (χ4n) is 2.76. The van der Waals surface area contributed by atoms with Crippen LogP contribution in [0.15, 0.2) is 0 Å². The third kappa shape index (κ3) is 1.51. The Bertz CT molecular complexity index is 263. The fraction of sp³-hybridized carbons (Fsp3) is 0.800. The van der Waals surface area contributed by atoms with Crippen LogP contribution in [-0.4, -0.2) is 38.2 Å². The van der Waals surface area contributed by atoms with Crippen LogP contribution in [0, 0.1) is 11.8 Å². The number of hydrogen-bond donors (Lipinski definition) is 1. The van der Waals surface area contributed by atoms with Crippen LogP contribution in [0.25, 0.3) is 0 Å². The van der Waals surface area contributed by atoms with Crippen LogP contribution in [-0.2, 0) is 19.1 Å². The molecule has 84 valence electrons. The van der Waals surface area contributed by atoms with E-state index in [1.807, 2.05) is 0 Å². The Hall–Kier alpha value is -1.10. The molecule has 2 saturated heterocycles. The molecule has 2 aliphatic heterocycles. The molecule has 0 amide bonds. The van der Waals surface area contributed by atoms with Gasteiger partial charge in [-0.2, -0.15) is 0 Å². The molecular weight excluding hydrogens is 198 g/mol. The average Bonchev–Trinajstić information content (AvgIpc) is 2.86. The van der Waals surface area contributed by atoms with Crippen molar-refractivity contribution < 1.29 is 19.1 Å². The van der Waals surface area contributed by atoms with E-state index in [4.69, 9.17) is 9.47 Å².